The standard InChI is InChI=1S/C14H18FNO4/c1-19-11-5-3-8(7-9(11)15)14(18)16-10-4-6-12(20-2)13(10)17/h3,5,7,10,12-13,17H,4,6H2,1-2H3,(H,16,18)/t10-,12-,13-/m1/s1. The highest BCUT2D eigenvalue weighted by atomic mass is 19.1. The SMILES string of the molecule is COc1ccc(C(=O)N[C@@H]2CC[C@@H](OC)[C@@H]2O)cc1F. The van der Waals surface area contributed by atoms with Crippen LogP contribution in [0, 0.1) is 5.82 Å². The summed E-state index contributed by atoms with van der Waals surface area (Å²) in [6.45, 7) is 0. The summed E-state index contributed by atoms with van der Waals surface area (Å²) in [4.78, 5) is 12.0. The Hall–Kier alpha value is -1.66. The summed E-state index contributed by atoms with van der Waals surface area (Å²) in [5, 5.41) is 12.6. The third kappa shape index (κ3) is 2.91. The van der Waals surface area contributed by atoms with Gasteiger partial charge in [-0.1, -0.05) is 0 Å². The molecule has 6 heteroatoms. The van der Waals surface area contributed by atoms with E-state index in [1.54, 1.807) is 0 Å². The number of amides is 1. The molecule has 2 rings (SSSR count). The molecule has 1 aliphatic carbocycles. The predicted molar refractivity (Wildman–Crippen MR) is 70.2 cm³/mol. The van der Waals surface area contributed by atoms with E-state index in [9.17, 15) is 14.3 Å². The molecule has 1 aliphatic rings. The van der Waals surface area contributed by atoms with Gasteiger partial charge in [-0.2, -0.15) is 0 Å². The van der Waals surface area contributed by atoms with Crippen molar-refractivity contribution in [3.63, 3.8) is 0 Å². The van der Waals surface area contributed by atoms with E-state index in [4.69, 9.17) is 9.47 Å². The summed E-state index contributed by atoms with van der Waals surface area (Å²) in [6, 6.07) is 3.61. The van der Waals surface area contributed by atoms with Crippen LogP contribution in [0.5, 0.6) is 5.75 Å². The van der Waals surface area contributed by atoms with Gasteiger partial charge in [0.1, 0.15) is 6.10 Å². The minimum Gasteiger partial charge on any atom is -0.494 e. The minimum absolute atomic E-state index is 0.0851. The smallest absolute Gasteiger partial charge is 0.251 e. The highest BCUT2D eigenvalue weighted by molar-refractivity contribution is 5.94. The lowest BCUT2D eigenvalue weighted by molar-refractivity contribution is 0.000206. The van der Waals surface area contributed by atoms with E-state index < -0.39 is 17.8 Å². The molecule has 3 atom stereocenters. The second-order valence-electron chi connectivity index (χ2n) is 4.77. The Bertz CT molecular complexity index is 494. The third-order valence-corrected chi connectivity index (χ3v) is 3.59. The van der Waals surface area contributed by atoms with Crippen molar-refractivity contribution in [3.05, 3.63) is 29.6 Å². The van der Waals surface area contributed by atoms with Crippen LogP contribution in [-0.2, 0) is 4.74 Å². The maximum Gasteiger partial charge on any atom is 0.251 e. The first-order valence-corrected chi connectivity index (χ1v) is 6.42. The molecule has 0 bridgehead atoms. The van der Waals surface area contributed by atoms with Gasteiger partial charge in [0, 0.05) is 12.7 Å². The summed E-state index contributed by atoms with van der Waals surface area (Å²) >= 11 is 0. The number of hydrogen-bond donors (Lipinski definition) is 2. The van der Waals surface area contributed by atoms with E-state index in [0.29, 0.717) is 12.8 Å². The van der Waals surface area contributed by atoms with Gasteiger partial charge in [-0.05, 0) is 31.0 Å². The fraction of sp³-hybridized carbons (Fsp3) is 0.500. The van der Waals surface area contributed by atoms with E-state index in [2.05, 4.69) is 5.32 Å². The molecule has 1 fully saturated rings. The molecule has 1 saturated carbocycles. The van der Waals surface area contributed by atoms with Crippen molar-refractivity contribution in [2.45, 2.75) is 31.1 Å². The molecule has 0 unspecified atom stereocenters. The molecular weight excluding hydrogens is 265 g/mol. The summed E-state index contributed by atoms with van der Waals surface area (Å²) < 4.78 is 23.5. The maximum absolute atomic E-state index is 13.5. The number of carbonyl (C=O) groups is 1. The summed E-state index contributed by atoms with van der Waals surface area (Å²) in [7, 11) is 2.88. The number of carbonyl (C=O) groups excluding carboxylic acids is 1. The normalized spacial score (nSPS) is 25.5. The van der Waals surface area contributed by atoms with Crippen LogP contribution in [0.1, 0.15) is 23.2 Å². The van der Waals surface area contributed by atoms with Crippen LogP contribution in [0.3, 0.4) is 0 Å². The Morgan fingerprint density at radius 1 is 1.40 bits per heavy atom. The Balaban J connectivity index is 2.04. The van der Waals surface area contributed by atoms with Crippen molar-refractivity contribution >= 4 is 5.91 Å². The molecule has 110 valence electrons. The molecule has 0 aliphatic heterocycles. The Labute approximate surface area is 116 Å². The number of benzene rings is 1. The van der Waals surface area contributed by atoms with E-state index in [-0.39, 0.29) is 23.5 Å². The second-order valence-corrected chi connectivity index (χ2v) is 4.77. The number of halogens is 1. The largest absolute Gasteiger partial charge is 0.494 e. The van der Waals surface area contributed by atoms with E-state index in [0.717, 1.165) is 6.07 Å². The lowest BCUT2D eigenvalue weighted by Crippen LogP contribution is -2.43. The highest BCUT2D eigenvalue weighted by Gasteiger charge is 2.35. The average Bonchev–Trinajstić information content (AvgIpc) is 2.79. The van der Waals surface area contributed by atoms with Crippen LogP contribution in [0.25, 0.3) is 0 Å². The van der Waals surface area contributed by atoms with Crippen molar-refractivity contribution in [1.82, 2.24) is 5.32 Å². The molecule has 1 aromatic rings. The van der Waals surface area contributed by atoms with Crippen LogP contribution in [-0.4, -0.2) is 43.5 Å². The predicted octanol–water partition coefficient (Wildman–Crippen LogP) is 1.10. The van der Waals surface area contributed by atoms with Gasteiger partial charge in [0.25, 0.3) is 5.91 Å². The maximum atomic E-state index is 13.5. The number of hydrogen-bond acceptors (Lipinski definition) is 4. The number of aliphatic hydroxyl groups is 1. The molecule has 20 heavy (non-hydrogen) atoms. The summed E-state index contributed by atoms with van der Waals surface area (Å²) in [5.74, 6) is -0.934. The zero-order chi connectivity index (χ0) is 14.7. The molecule has 2 N–H and O–H groups in total. The van der Waals surface area contributed by atoms with E-state index in [1.165, 1.54) is 26.4 Å². The van der Waals surface area contributed by atoms with Crippen molar-refractivity contribution in [1.29, 1.82) is 0 Å². The van der Waals surface area contributed by atoms with Crippen LogP contribution in [0.4, 0.5) is 4.39 Å². The van der Waals surface area contributed by atoms with Gasteiger partial charge >= 0.3 is 0 Å². The fourth-order valence-corrected chi connectivity index (χ4v) is 2.42. The Kier molecular flexibility index (Phi) is 4.57. The van der Waals surface area contributed by atoms with E-state index >= 15 is 0 Å². The topological polar surface area (TPSA) is 67.8 Å². The fourth-order valence-electron chi connectivity index (χ4n) is 2.42. The molecule has 0 radical (unpaired) electrons. The van der Waals surface area contributed by atoms with E-state index in [1.807, 2.05) is 0 Å². The number of ether oxygens (including phenoxy) is 2. The Morgan fingerprint density at radius 2 is 2.15 bits per heavy atom. The van der Waals surface area contributed by atoms with Crippen molar-refractivity contribution in [2.24, 2.45) is 0 Å². The molecule has 0 heterocycles. The van der Waals surface area contributed by atoms with Gasteiger partial charge in [0.2, 0.25) is 0 Å². The number of methoxy groups -OCH3 is 2. The summed E-state index contributed by atoms with van der Waals surface area (Å²) in [6.07, 6.45) is 0.295. The third-order valence-electron chi connectivity index (χ3n) is 3.59. The first kappa shape index (κ1) is 14.7. The number of aliphatic hydroxyl groups excluding tert-OH is 1. The van der Waals surface area contributed by atoms with Gasteiger partial charge in [0.05, 0.1) is 19.3 Å². The molecule has 0 spiro atoms. The highest BCUT2D eigenvalue weighted by Crippen LogP contribution is 2.23. The number of rotatable bonds is 4. The molecule has 1 aromatic carbocycles. The van der Waals surface area contributed by atoms with Gasteiger partial charge in [-0.25, -0.2) is 4.39 Å². The number of nitrogens with one attached hydrogen (secondary N) is 1. The monoisotopic (exact) mass is 283 g/mol. The van der Waals surface area contributed by atoms with Gasteiger partial charge < -0.3 is 19.9 Å². The van der Waals surface area contributed by atoms with Crippen LogP contribution < -0.4 is 10.1 Å². The second kappa shape index (κ2) is 6.19. The van der Waals surface area contributed by atoms with Crippen LogP contribution >= 0.6 is 0 Å². The molecule has 0 saturated heterocycles. The molecular formula is C14H18FNO4. The Morgan fingerprint density at radius 3 is 2.70 bits per heavy atom. The van der Waals surface area contributed by atoms with Crippen molar-refractivity contribution in [2.75, 3.05) is 14.2 Å². The van der Waals surface area contributed by atoms with Crippen LogP contribution in [0.2, 0.25) is 0 Å². The van der Waals surface area contributed by atoms with Crippen molar-refractivity contribution in [3.8, 4) is 5.75 Å². The molecule has 0 aromatic heterocycles. The lowest BCUT2D eigenvalue weighted by Gasteiger charge is -2.19. The molecule has 1 amide bonds. The zero-order valence-corrected chi connectivity index (χ0v) is 11.4. The molecule has 5 nitrogen and oxygen atoms in total. The quantitative estimate of drug-likeness (QED) is 0.868. The van der Waals surface area contributed by atoms with Gasteiger partial charge in [0.15, 0.2) is 11.6 Å². The zero-order valence-electron chi connectivity index (χ0n) is 11.4. The van der Waals surface area contributed by atoms with Gasteiger partial charge in [-0.15, -0.1) is 0 Å². The summed E-state index contributed by atoms with van der Waals surface area (Å²) in [5.41, 5.74) is 0.191. The minimum atomic E-state index is -0.743. The lowest BCUT2D eigenvalue weighted by atomic mass is 10.1. The van der Waals surface area contributed by atoms with Gasteiger partial charge in [-0.3, -0.25) is 4.79 Å². The van der Waals surface area contributed by atoms with Crippen LogP contribution in [0.15, 0.2) is 18.2 Å². The first-order chi connectivity index (χ1) is 9.56. The van der Waals surface area contributed by atoms with Crippen molar-refractivity contribution < 1.29 is 23.8 Å². The average molecular weight is 283 g/mol. The first-order valence-electron chi connectivity index (χ1n) is 6.42.